The Morgan fingerprint density at radius 2 is 1.48 bits per heavy atom. The Bertz CT molecular complexity index is 657. The highest BCUT2D eigenvalue weighted by Crippen LogP contribution is 2.44. The summed E-state index contributed by atoms with van der Waals surface area (Å²) in [5.74, 6) is 0.0773. The van der Waals surface area contributed by atoms with Gasteiger partial charge in [-0.25, -0.2) is 0 Å². The van der Waals surface area contributed by atoms with Crippen LogP contribution in [0.15, 0.2) is 30.3 Å². The fourth-order valence-electron chi connectivity index (χ4n) is 1.93. The maximum Gasteiger partial charge on any atom is 0.417 e. The lowest BCUT2D eigenvalue weighted by molar-refractivity contribution is -0.137. The minimum absolute atomic E-state index is 0.0460. The van der Waals surface area contributed by atoms with E-state index in [1.54, 1.807) is 0 Å². The SMILES string of the molecule is FC(F)(F)c1ccc(CCl)cc1-c1c(Cl)cc(Cl)cc1Cl. The molecule has 0 atom stereocenters. The van der Waals surface area contributed by atoms with Crippen LogP contribution in [0.25, 0.3) is 11.1 Å². The molecule has 2 aromatic rings. The third-order valence-corrected chi connectivity index (χ3v) is 3.94. The first-order valence-corrected chi connectivity index (χ1v) is 7.32. The number of benzene rings is 2. The summed E-state index contributed by atoms with van der Waals surface area (Å²) in [5.41, 5.74) is -0.335. The molecule has 2 aromatic carbocycles. The van der Waals surface area contributed by atoms with Gasteiger partial charge in [0.15, 0.2) is 0 Å². The van der Waals surface area contributed by atoms with E-state index < -0.39 is 11.7 Å². The quantitative estimate of drug-likeness (QED) is 0.493. The van der Waals surface area contributed by atoms with E-state index >= 15 is 0 Å². The van der Waals surface area contributed by atoms with Crippen molar-refractivity contribution in [3.63, 3.8) is 0 Å². The predicted molar refractivity (Wildman–Crippen MR) is 81.5 cm³/mol. The van der Waals surface area contributed by atoms with Crippen LogP contribution in [0.1, 0.15) is 11.1 Å². The second kappa shape index (κ2) is 6.25. The van der Waals surface area contributed by atoms with Crippen LogP contribution in [0.5, 0.6) is 0 Å². The maximum atomic E-state index is 13.2. The van der Waals surface area contributed by atoms with Crippen molar-refractivity contribution in [2.24, 2.45) is 0 Å². The first-order chi connectivity index (χ1) is 9.74. The van der Waals surface area contributed by atoms with E-state index in [1.807, 2.05) is 0 Å². The van der Waals surface area contributed by atoms with E-state index in [0.717, 1.165) is 6.07 Å². The van der Waals surface area contributed by atoms with Gasteiger partial charge in [0.1, 0.15) is 0 Å². The predicted octanol–water partition coefficient (Wildman–Crippen LogP) is 7.07. The molecule has 0 unspecified atom stereocenters. The van der Waals surface area contributed by atoms with Gasteiger partial charge in [0.05, 0.1) is 15.6 Å². The van der Waals surface area contributed by atoms with Gasteiger partial charge in [-0.15, -0.1) is 11.6 Å². The van der Waals surface area contributed by atoms with Crippen LogP contribution in [0.3, 0.4) is 0 Å². The summed E-state index contributed by atoms with van der Waals surface area (Å²) in [6.45, 7) is 0. The molecule has 0 aromatic heterocycles. The van der Waals surface area contributed by atoms with Crippen LogP contribution in [-0.2, 0) is 12.1 Å². The molecule has 0 saturated carbocycles. The van der Waals surface area contributed by atoms with Crippen LogP contribution in [0, 0.1) is 0 Å². The van der Waals surface area contributed by atoms with Crippen LogP contribution in [0.2, 0.25) is 15.1 Å². The third-order valence-electron chi connectivity index (χ3n) is 2.82. The van der Waals surface area contributed by atoms with Gasteiger partial charge < -0.3 is 0 Å². The first kappa shape index (κ1) is 16.8. The van der Waals surface area contributed by atoms with Crippen molar-refractivity contribution >= 4 is 46.4 Å². The van der Waals surface area contributed by atoms with Crippen LogP contribution >= 0.6 is 46.4 Å². The van der Waals surface area contributed by atoms with E-state index in [9.17, 15) is 13.2 Å². The average molecular weight is 374 g/mol. The normalized spacial score (nSPS) is 11.8. The number of halogens is 7. The Kier molecular flexibility index (Phi) is 4.99. The molecule has 0 N–H and O–H groups in total. The smallest absolute Gasteiger partial charge is 0.166 e. The van der Waals surface area contributed by atoms with Gasteiger partial charge in [-0.1, -0.05) is 40.9 Å². The number of hydrogen-bond donors (Lipinski definition) is 0. The van der Waals surface area contributed by atoms with Crippen molar-refractivity contribution in [3.8, 4) is 11.1 Å². The second-order valence-corrected chi connectivity index (χ2v) is 5.77. The van der Waals surface area contributed by atoms with Gasteiger partial charge in [-0.3, -0.25) is 0 Å². The maximum absolute atomic E-state index is 13.2. The van der Waals surface area contributed by atoms with Gasteiger partial charge in [-0.05, 0) is 35.4 Å². The molecule has 112 valence electrons. The van der Waals surface area contributed by atoms with Crippen molar-refractivity contribution in [1.82, 2.24) is 0 Å². The second-order valence-electron chi connectivity index (χ2n) is 4.26. The summed E-state index contributed by atoms with van der Waals surface area (Å²) in [4.78, 5) is 0. The standard InChI is InChI=1S/C14H7Cl4F3/c15-6-7-1-2-10(14(19,20)21)9(3-7)13-11(17)4-8(16)5-12(13)18/h1-5H,6H2. The molecule has 2 rings (SSSR count). The summed E-state index contributed by atoms with van der Waals surface area (Å²) >= 11 is 23.5. The summed E-state index contributed by atoms with van der Waals surface area (Å²) in [5, 5.41) is 0.338. The summed E-state index contributed by atoms with van der Waals surface area (Å²) in [6.07, 6.45) is -4.54. The Labute approximate surface area is 139 Å². The van der Waals surface area contributed by atoms with Crippen LogP contribution < -0.4 is 0 Å². The molecular weight excluding hydrogens is 367 g/mol. The fourth-order valence-corrected chi connectivity index (χ4v) is 3.11. The molecule has 0 aliphatic heterocycles. The molecule has 0 nitrogen and oxygen atoms in total. The van der Waals surface area contributed by atoms with Gasteiger partial charge >= 0.3 is 6.18 Å². The third kappa shape index (κ3) is 3.59. The zero-order valence-corrected chi connectivity index (χ0v) is 13.3. The van der Waals surface area contributed by atoms with E-state index in [-0.39, 0.29) is 32.1 Å². The fraction of sp³-hybridized carbons (Fsp3) is 0.143. The first-order valence-electron chi connectivity index (χ1n) is 5.65. The molecule has 0 aliphatic carbocycles. The molecule has 0 aliphatic rings. The lowest BCUT2D eigenvalue weighted by Gasteiger charge is -2.16. The molecule has 0 spiro atoms. The van der Waals surface area contributed by atoms with Crippen molar-refractivity contribution in [2.75, 3.05) is 0 Å². The summed E-state index contributed by atoms with van der Waals surface area (Å²) < 4.78 is 39.5. The molecule has 0 saturated heterocycles. The van der Waals surface area contributed by atoms with E-state index in [2.05, 4.69) is 0 Å². The van der Waals surface area contributed by atoms with E-state index in [0.29, 0.717) is 5.56 Å². The largest absolute Gasteiger partial charge is 0.417 e. The molecule has 0 bridgehead atoms. The zero-order chi connectivity index (χ0) is 15.8. The molecule has 0 radical (unpaired) electrons. The Hall–Kier alpha value is -0.610. The molecule has 21 heavy (non-hydrogen) atoms. The minimum atomic E-state index is -4.54. The highest BCUT2D eigenvalue weighted by molar-refractivity contribution is 6.41. The van der Waals surface area contributed by atoms with Crippen molar-refractivity contribution in [2.45, 2.75) is 12.1 Å². The highest BCUT2D eigenvalue weighted by atomic mass is 35.5. The minimum Gasteiger partial charge on any atom is -0.166 e. The number of rotatable bonds is 2. The lowest BCUT2D eigenvalue weighted by atomic mass is 9.97. The van der Waals surface area contributed by atoms with Gasteiger partial charge in [0.25, 0.3) is 0 Å². The molecule has 0 fully saturated rings. The monoisotopic (exact) mass is 372 g/mol. The molecular formula is C14H7Cl4F3. The van der Waals surface area contributed by atoms with Crippen molar-refractivity contribution in [1.29, 1.82) is 0 Å². The Morgan fingerprint density at radius 1 is 0.905 bits per heavy atom. The lowest BCUT2D eigenvalue weighted by Crippen LogP contribution is -2.08. The molecule has 7 heteroatoms. The van der Waals surface area contributed by atoms with E-state index in [4.69, 9.17) is 46.4 Å². The Balaban J connectivity index is 2.78. The molecule has 0 amide bonds. The van der Waals surface area contributed by atoms with Gasteiger partial charge in [0, 0.05) is 16.5 Å². The Morgan fingerprint density at radius 3 is 1.95 bits per heavy atom. The zero-order valence-electron chi connectivity index (χ0n) is 10.2. The topological polar surface area (TPSA) is 0 Å². The van der Waals surface area contributed by atoms with Gasteiger partial charge in [0.2, 0.25) is 0 Å². The summed E-state index contributed by atoms with van der Waals surface area (Å²) in [7, 11) is 0. The highest BCUT2D eigenvalue weighted by Gasteiger charge is 2.34. The number of hydrogen-bond acceptors (Lipinski definition) is 0. The average Bonchev–Trinajstić information content (AvgIpc) is 2.36. The number of alkyl halides is 4. The van der Waals surface area contributed by atoms with Gasteiger partial charge in [-0.2, -0.15) is 13.2 Å². The van der Waals surface area contributed by atoms with E-state index in [1.165, 1.54) is 24.3 Å². The van der Waals surface area contributed by atoms with Crippen molar-refractivity contribution in [3.05, 3.63) is 56.5 Å². The van der Waals surface area contributed by atoms with Crippen LogP contribution in [-0.4, -0.2) is 0 Å². The molecule has 0 heterocycles. The van der Waals surface area contributed by atoms with Crippen LogP contribution in [0.4, 0.5) is 13.2 Å². The summed E-state index contributed by atoms with van der Waals surface area (Å²) in [6, 6.07) is 6.30. The van der Waals surface area contributed by atoms with Crippen molar-refractivity contribution < 1.29 is 13.2 Å².